The van der Waals surface area contributed by atoms with Crippen LogP contribution in [-0.2, 0) is 0 Å². The predicted octanol–water partition coefficient (Wildman–Crippen LogP) is 6.83. The molecule has 0 amide bonds. The summed E-state index contributed by atoms with van der Waals surface area (Å²) < 4.78 is 8.06. The molecule has 0 bridgehead atoms. The van der Waals surface area contributed by atoms with E-state index in [9.17, 15) is 0 Å². The molecule has 0 saturated carbocycles. The second kappa shape index (κ2) is 4.48. The molecule has 1 aliphatic heterocycles. The van der Waals surface area contributed by atoms with Gasteiger partial charge in [0.1, 0.15) is 0 Å². The van der Waals surface area contributed by atoms with Crippen LogP contribution in [0.2, 0.25) is 0 Å². The van der Waals surface area contributed by atoms with Gasteiger partial charge in [-0.05, 0) is 39.1 Å². The van der Waals surface area contributed by atoms with Crippen molar-refractivity contribution >= 4 is 69.9 Å². The van der Waals surface area contributed by atoms with Gasteiger partial charge in [-0.25, -0.2) is 4.52 Å². The second-order valence-corrected chi connectivity index (χ2v) is 14.4. The van der Waals surface area contributed by atoms with E-state index in [4.69, 9.17) is 45.0 Å². The van der Waals surface area contributed by atoms with Gasteiger partial charge in [-0.2, -0.15) is 0 Å². The molecule has 0 aromatic rings. The van der Waals surface area contributed by atoms with E-state index in [2.05, 4.69) is 13.9 Å². The van der Waals surface area contributed by atoms with E-state index < -0.39 is 19.7 Å². The molecule has 0 saturated heterocycles. The predicted molar refractivity (Wildman–Crippen MR) is 75.7 cm³/mol. The fraction of sp³-hybridized carbons (Fsp3) is 0. The molecule has 15 heavy (non-hydrogen) atoms. The Morgan fingerprint density at radius 1 is 1.13 bits per heavy atom. The van der Waals surface area contributed by atoms with Crippen molar-refractivity contribution in [2.24, 2.45) is 9.03 Å². The Kier molecular flexibility index (Phi) is 3.79. The third kappa shape index (κ3) is 3.35. The van der Waals surface area contributed by atoms with E-state index in [0.29, 0.717) is 0 Å². The summed E-state index contributed by atoms with van der Waals surface area (Å²) in [7, 11) is -1.18. The first-order valence-corrected chi connectivity index (χ1v) is 11.9. The monoisotopic (exact) mass is 339 g/mol. The van der Waals surface area contributed by atoms with Crippen LogP contribution < -0.4 is 0 Å². The van der Waals surface area contributed by atoms with Crippen LogP contribution in [0.3, 0.4) is 0 Å². The fourth-order valence-electron chi connectivity index (χ4n) is 0.987. The first-order valence-electron chi connectivity index (χ1n) is 3.68. The summed E-state index contributed by atoms with van der Waals surface area (Å²) in [5, 5.41) is 0.941. The van der Waals surface area contributed by atoms with Gasteiger partial charge in [-0.15, -0.1) is 0 Å². The Hall–Kier alpha value is 1.23. The van der Waals surface area contributed by atoms with Crippen LogP contribution in [-0.4, -0.2) is 5.29 Å². The minimum Gasteiger partial charge on any atom is -0.348 e. The van der Waals surface area contributed by atoms with Crippen LogP contribution in [0.5, 0.6) is 0 Å². The molecule has 0 aromatic carbocycles. The minimum absolute atomic E-state index is 0.941. The number of rotatable bonds is 0. The number of halogens is 4. The Morgan fingerprint density at radius 2 is 1.73 bits per heavy atom. The molecule has 1 heterocycles. The molecule has 82 valence electrons. The van der Waals surface area contributed by atoms with Crippen molar-refractivity contribution in [2.75, 3.05) is 0 Å². The Bertz CT molecular complexity index is 480. The summed E-state index contributed by atoms with van der Waals surface area (Å²) >= 11 is 23.7. The van der Waals surface area contributed by atoms with Gasteiger partial charge in [-0.1, -0.05) is 34.6 Å². The maximum Gasteiger partial charge on any atom is 0.294 e. The zero-order valence-corrected chi connectivity index (χ0v) is 12.7. The van der Waals surface area contributed by atoms with Crippen LogP contribution >= 0.6 is 64.6 Å². The molecule has 1 aliphatic carbocycles. The molecule has 0 fully saturated rings. The molecule has 10 heteroatoms. The van der Waals surface area contributed by atoms with Gasteiger partial charge < -0.3 is 4.86 Å². The van der Waals surface area contributed by atoms with Gasteiger partial charge >= 0.3 is 0 Å². The summed E-state index contributed by atoms with van der Waals surface area (Å²) in [6.07, 6.45) is 7.57. The van der Waals surface area contributed by atoms with Crippen LogP contribution in [0.15, 0.2) is 33.3 Å². The standard InChI is InChI=1S/C5H4Cl4N3P3/c6-14(7)10-13(5-3-1-2-4-5)11-15(8,9)12-14/h1-4H. The van der Waals surface area contributed by atoms with Gasteiger partial charge in [0.2, 0.25) is 0 Å². The van der Waals surface area contributed by atoms with E-state index in [1.54, 1.807) is 0 Å². The Labute approximate surface area is 108 Å². The highest BCUT2D eigenvalue weighted by atomic mass is 35.9. The first kappa shape index (κ1) is 12.7. The zero-order valence-electron chi connectivity index (χ0n) is 7.00. The summed E-state index contributed by atoms with van der Waals surface area (Å²) in [6.45, 7) is 0. The normalized spacial score (nSPS) is 28.8. The summed E-state index contributed by atoms with van der Waals surface area (Å²) in [6, 6.07) is 0. The lowest BCUT2D eigenvalue weighted by Gasteiger charge is -2.23. The zero-order chi connectivity index (χ0) is 11.1. The molecule has 2 aliphatic rings. The average Bonchev–Trinajstić information content (AvgIpc) is 2.48. The molecule has 0 radical (unpaired) electrons. The van der Waals surface area contributed by atoms with E-state index in [1.807, 2.05) is 24.3 Å². The molecule has 1 unspecified atom stereocenters. The maximum atomic E-state index is 5.93. The highest BCUT2D eigenvalue weighted by Crippen LogP contribution is 2.85. The number of allylic oxidation sites excluding steroid dienone is 4. The van der Waals surface area contributed by atoms with Crippen molar-refractivity contribution in [3.63, 3.8) is 0 Å². The lowest BCUT2D eigenvalue weighted by atomic mass is 10.5. The molecule has 2 rings (SSSR count). The topological polar surface area (TPSA) is 38.8 Å². The van der Waals surface area contributed by atoms with Crippen LogP contribution in [0.1, 0.15) is 0 Å². The highest BCUT2D eigenvalue weighted by molar-refractivity contribution is 8.24. The molecule has 0 N–H and O–H groups in total. The first-order chi connectivity index (χ1) is 6.88. The van der Waals surface area contributed by atoms with Gasteiger partial charge in [0.25, 0.3) is 5.91 Å². The van der Waals surface area contributed by atoms with Crippen molar-refractivity contribution in [3.8, 4) is 0 Å². The second-order valence-electron chi connectivity index (χ2n) is 2.61. The van der Waals surface area contributed by atoms with Gasteiger partial charge in [0.05, 0.1) is 5.91 Å². The molecular formula is C5H4Cl4N3P3. The van der Waals surface area contributed by atoms with Gasteiger partial charge in [0.15, 0.2) is 13.1 Å². The van der Waals surface area contributed by atoms with Crippen LogP contribution in [0.4, 0.5) is 0 Å². The smallest absolute Gasteiger partial charge is 0.294 e. The minimum atomic E-state index is -2.74. The third-order valence-electron chi connectivity index (χ3n) is 1.48. The van der Waals surface area contributed by atoms with Crippen molar-refractivity contribution in [1.29, 1.82) is 0 Å². The van der Waals surface area contributed by atoms with Crippen LogP contribution in [0, 0.1) is 0 Å². The van der Waals surface area contributed by atoms with Crippen molar-refractivity contribution in [3.05, 3.63) is 29.2 Å². The van der Waals surface area contributed by atoms with E-state index in [1.165, 1.54) is 0 Å². The Balaban J connectivity index is 2.55. The van der Waals surface area contributed by atoms with Crippen molar-refractivity contribution in [1.82, 2.24) is 0 Å². The molecule has 3 nitrogen and oxygen atoms in total. The van der Waals surface area contributed by atoms with Gasteiger partial charge in [0, 0.05) is 0 Å². The molecule has 1 atom stereocenters. The fourth-order valence-corrected chi connectivity index (χ4v) is 13.4. The number of hydrogen-bond donors (Lipinski definition) is 0. The van der Waals surface area contributed by atoms with E-state index in [-0.39, 0.29) is 0 Å². The summed E-state index contributed by atoms with van der Waals surface area (Å²) in [4.78, 5) is 4.18. The molecule has 0 spiro atoms. The van der Waals surface area contributed by atoms with Gasteiger partial charge in [-0.3, -0.25) is 0 Å². The lowest BCUT2D eigenvalue weighted by Crippen LogP contribution is -1.80. The quantitative estimate of drug-likeness (QED) is 0.433. The van der Waals surface area contributed by atoms with Crippen molar-refractivity contribution in [2.45, 2.75) is 0 Å². The number of nitrogens with zero attached hydrogens (tertiary/aromatic N) is 3. The van der Waals surface area contributed by atoms with Crippen LogP contribution in [0.25, 0.3) is 4.86 Å². The average molecular weight is 341 g/mol. The largest absolute Gasteiger partial charge is 0.348 e. The molecular weight excluding hydrogens is 337 g/mol. The summed E-state index contributed by atoms with van der Waals surface area (Å²) in [5.74, 6) is -5.48. The Morgan fingerprint density at radius 3 is 2.27 bits per heavy atom. The van der Waals surface area contributed by atoms with E-state index >= 15 is 0 Å². The summed E-state index contributed by atoms with van der Waals surface area (Å²) in [5.41, 5.74) is 0. The molecule has 0 aromatic heterocycles. The highest BCUT2D eigenvalue weighted by Gasteiger charge is 2.27. The number of hydrogen-bond acceptors (Lipinski definition) is 2. The lowest BCUT2D eigenvalue weighted by molar-refractivity contribution is 1.88. The maximum absolute atomic E-state index is 5.93. The SMILES string of the molecule is ClP1(Cl)=N[P+](=C2C=CC=C2)[N-]P(Cl)(Cl)=N1. The third-order valence-corrected chi connectivity index (χ3v) is 11.9. The van der Waals surface area contributed by atoms with Crippen molar-refractivity contribution < 1.29 is 0 Å². The van der Waals surface area contributed by atoms with E-state index in [0.717, 1.165) is 5.29 Å².